The molecule has 0 bridgehead atoms. The number of amides is 1. The number of nitrogen functional groups attached to an aromatic ring is 1. The molecule has 0 saturated carbocycles. The summed E-state index contributed by atoms with van der Waals surface area (Å²) in [4.78, 5) is 11.7. The first kappa shape index (κ1) is 14.8. The van der Waals surface area contributed by atoms with Crippen LogP contribution in [0.25, 0.3) is 0 Å². The van der Waals surface area contributed by atoms with E-state index >= 15 is 0 Å². The van der Waals surface area contributed by atoms with Crippen LogP contribution in [0.15, 0.2) is 22.7 Å². The Bertz CT molecular complexity index is 401. The first-order chi connectivity index (χ1) is 8.41. The number of anilines is 1. The number of carbonyl (C=O) groups excluding carboxylic acids is 1. The highest BCUT2D eigenvalue weighted by molar-refractivity contribution is 9.10. The molecule has 0 aromatic heterocycles. The van der Waals surface area contributed by atoms with Crippen LogP contribution in [0.1, 0.15) is 20.8 Å². The Morgan fingerprint density at radius 2 is 2.11 bits per heavy atom. The van der Waals surface area contributed by atoms with Gasteiger partial charge in [0.25, 0.3) is 5.91 Å². The molecule has 100 valence electrons. The highest BCUT2D eigenvalue weighted by Crippen LogP contribution is 2.30. The number of hydrogen-bond donors (Lipinski definition) is 2. The van der Waals surface area contributed by atoms with Crippen LogP contribution in [-0.2, 0) is 4.79 Å². The second-order valence-electron chi connectivity index (χ2n) is 4.55. The summed E-state index contributed by atoms with van der Waals surface area (Å²) in [7, 11) is 0. The van der Waals surface area contributed by atoms with Gasteiger partial charge in [0.15, 0.2) is 12.4 Å². The number of halogens is 1. The molecule has 0 spiro atoms. The first-order valence-corrected chi connectivity index (χ1v) is 6.67. The normalized spacial score (nSPS) is 12.3. The lowest BCUT2D eigenvalue weighted by atomic mass is 10.1. The molecule has 1 aromatic carbocycles. The molecule has 0 radical (unpaired) electrons. The van der Waals surface area contributed by atoms with Crippen LogP contribution in [0.2, 0.25) is 0 Å². The van der Waals surface area contributed by atoms with Gasteiger partial charge in [0.1, 0.15) is 0 Å². The Hall–Kier alpha value is -1.23. The zero-order valence-corrected chi connectivity index (χ0v) is 12.5. The predicted octanol–water partition coefficient (Wildman–Crippen LogP) is 2.57. The molecule has 5 heteroatoms. The SMILES string of the molecule is CC(C)C(C)NC(=O)COc1c(N)cccc1Br. The molecule has 1 rings (SSSR count). The molecule has 0 fully saturated rings. The maximum atomic E-state index is 11.7. The zero-order valence-electron chi connectivity index (χ0n) is 10.9. The molecule has 0 aliphatic heterocycles. The van der Waals surface area contributed by atoms with Gasteiger partial charge >= 0.3 is 0 Å². The summed E-state index contributed by atoms with van der Waals surface area (Å²) in [6.45, 7) is 6.04. The summed E-state index contributed by atoms with van der Waals surface area (Å²) in [6, 6.07) is 5.49. The van der Waals surface area contributed by atoms with Crippen molar-refractivity contribution < 1.29 is 9.53 Å². The highest BCUT2D eigenvalue weighted by Gasteiger charge is 2.12. The fourth-order valence-electron chi connectivity index (χ4n) is 1.28. The number of nitrogens with one attached hydrogen (secondary N) is 1. The van der Waals surface area contributed by atoms with Gasteiger partial charge in [-0.1, -0.05) is 19.9 Å². The summed E-state index contributed by atoms with van der Waals surface area (Å²) in [5.41, 5.74) is 6.28. The summed E-state index contributed by atoms with van der Waals surface area (Å²) in [5.74, 6) is 0.749. The van der Waals surface area contributed by atoms with Crippen LogP contribution in [0.5, 0.6) is 5.75 Å². The number of para-hydroxylation sites is 1. The highest BCUT2D eigenvalue weighted by atomic mass is 79.9. The fraction of sp³-hybridized carbons (Fsp3) is 0.462. The smallest absolute Gasteiger partial charge is 0.258 e. The maximum absolute atomic E-state index is 11.7. The summed E-state index contributed by atoms with van der Waals surface area (Å²) in [6.07, 6.45) is 0. The minimum absolute atomic E-state index is 0.0378. The average molecular weight is 315 g/mol. The Morgan fingerprint density at radius 1 is 1.44 bits per heavy atom. The molecule has 1 amide bonds. The van der Waals surface area contributed by atoms with Crippen molar-refractivity contribution >= 4 is 27.5 Å². The van der Waals surface area contributed by atoms with Gasteiger partial charge in [0.2, 0.25) is 0 Å². The first-order valence-electron chi connectivity index (χ1n) is 5.88. The third kappa shape index (κ3) is 4.22. The van der Waals surface area contributed by atoms with Crippen LogP contribution in [0.3, 0.4) is 0 Å². The quantitative estimate of drug-likeness (QED) is 0.821. The molecule has 1 unspecified atom stereocenters. The monoisotopic (exact) mass is 314 g/mol. The number of nitrogens with two attached hydrogens (primary N) is 1. The molecule has 4 nitrogen and oxygen atoms in total. The van der Waals surface area contributed by atoms with E-state index < -0.39 is 0 Å². The van der Waals surface area contributed by atoms with Gasteiger partial charge in [0.05, 0.1) is 10.2 Å². The molecule has 0 aliphatic rings. The Labute approximate surface area is 116 Å². The van der Waals surface area contributed by atoms with E-state index in [4.69, 9.17) is 10.5 Å². The topological polar surface area (TPSA) is 64.3 Å². The molecule has 3 N–H and O–H groups in total. The van der Waals surface area contributed by atoms with Crippen molar-refractivity contribution in [2.75, 3.05) is 12.3 Å². The van der Waals surface area contributed by atoms with E-state index in [0.29, 0.717) is 17.4 Å². The van der Waals surface area contributed by atoms with Crippen LogP contribution in [0, 0.1) is 5.92 Å². The van der Waals surface area contributed by atoms with E-state index in [1.54, 1.807) is 6.07 Å². The minimum Gasteiger partial charge on any atom is -0.480 e. The van der Waals surface area contributed by atoms with E-state index in [2.05, 4.69) is 35.1 Å². The predicted molar refractivity (Wildman–Crippen MR) is 76.5 cm³/mol. The summed E-state index contributed by atoms with van der Waals surface area (Å²) in [5, 5.41) is 2.87. The third-order valence-electron chi connectivity index (χ3n) is 2.73. The Kier molecular flexibility index (Phi) is 5.47. The largest absolute Gasteiger partial charge is 0.480 e. The number of rotatable bonds is 5. The van der Waals surface area contributed by atoms with E-state index in [1.165, 1.54) is 0 Å². The maximum Gasteiger partial charge on any atom is 0.258 e. The Morgan fingerprint density at radius 3 is 2.67 bits per heavy atom. The molecule has 0 aliphatic carbocycles. The van der Waals surface area contributed by atoms with Crippen LogP contribution >= 0.6 is 15.9 Å². The van der Waals surface area contributed by atoms with E-state index in [0.717, 1.165) is 4.47 Å². The second kappa shape index (κ2) is 6.64. The lowest BCUT2D eigenvalue weighted by Gasteiger charge is -2.18. The molecule has 1 aromatic rings. The summed E-state index contributed by atoms with van der Waals surface area (Å²) < 4.78 is 6.17. The van der Waals surface area contributed by atoms with Crippen molar-refractivity contribution in [1.29, 1.82) is 0 Å². The van der Waals surface area contributed by atoms with Crippen molar-refractivity contribution in [1.82, 2.24) is 5.32 Å². The molecule has 0 heterocycles. The third-order valence-corrected chi connectivity index (χ3v) is 3.36. The van der Waals surface area contributed by atoms with Crippen LogP contribution < -0.4 is 15.8 Å². The number of benzene rings is 1. The lowest BCUT2D eigenvalue weighted by Crippen LogP contribution is -2.39. The number of ether oxygens (including phenoxy) is 1. The van der Waals surface area contributed by atoms with Gasteiger partial charge in [0, 0.05) is 6.04 Å². The molecular formula is C13H19BrN2O2. The van der Waals surface area contributed by atoms with Gasteiger partial charge in [-0.15, -0.1) is 0 Å². The van der Waals surface area contributed by atoms with Gasteiger partial charge < -0.3 is 15.8 Å². The number of carbonyl (C=O) groups is 1. The van der Waals surface area contributed by atoms with E-state index in [9.17, 15) is 4.79 Å². The van der Waals surface area contributed by atoms with Crippen molar-refractivity contribution in [3.05, 3.63) is 22.7 Å². The lowest BCUT2D eigenvalue weighted by molar-refractivity contribution is -0.123. The molecule has 1 atom stereocenters. The number of hydrogen-bond acceptors (Lipinski definition) is 3. The molecular weight excluding hydrogens is 296 g/mol. The van der Waals surface area contributed by atoms with Gasteiger partial charge in [-0.25, -0.2) is 0 Å². The van der Waals surface area contributed by atoms with Gasteiger partial charge in [-0.2, -0.15) is 0 Å². The molecule has 18 heavy (non-hydrogen) atoms. The zero-order chi connectivity index (χ0) is 13.7. The fourth-order valence-corrected chi connectivity index (χ4v) is 1.77. The van der Waals surface area contributed by atoms with Gasteiger partial charge in [-0.3, -0.25) is 4.79 Å². The van der Waals surface area contributed by atoms with Crippen molar-refractivity contribution in [3.63, 3.8) is 0 Å². The van der Waals surface area contributed by atoms with Gasteiger partial charge in [-0.05, 0) is 40.9 Å². The van der Waals surface area contributed by atoms with E-state index in [-0.39, 0.29) is 18.6 Å². The van der Waals surface area contributed by atoms with Crippen LogP contribution in [-0.4, -0.2) is 18.6 Å². The standard InChI is InChI=1S/C13H19BrN2O2/c1-8(2)9(3)16-12(17)7-18-13-10(14)5-4-6-11(13)15/h4-6,8-9H,7,15H2,1-3H3,(H,16,17). The molecule has 0 saturated heterocycles. The van der Waals surface area contributed by atoms with E-state index in [1.807, 2.05) is 19.1 Å². The van der Waals surface area contributed by atoms with Crippen molar-refractivity contribution in [2.24, 2.45) is 5.92 Å². The van der Waals surface area contributed by atoms with Crippen molar-refractivity contribution in [3.8, 4) is 5.75 Å². The Balaban J connectivity index is 2.53. The minimum atomic E-state index is -0.147. The average Bonchev–Trinajstić information content (AvgIpc) is 2.28. The van der Waals surface area contributed by atoms with Crippen molar-refractivity contribution in [2.45, 2.75) is 26.8 Å². The van der Waals surface area contributed by atoms with Crippen LogP contribution in [0.4, 0.5) is 5.69 Å². The second-order valence-corrected chi connectivity index (χ2v) is 5.40. The summed E-state index contributed by atoms with van der Waals surface area (Å²) >= 11 is 3.33.